The van der Waals surface area contributed by atoms with Crippen molar-refractivity contribution in [1.29, 1.82) is 0 Å². The van der Waals surface area contributed by atoms with Gasteiger partial charge in [-0.15, -0.1) is 0 Å². The summed E-state index contributed by atoms with van der Waals surface area (Å²) >= 11 is 0. The molecule has 0 fully saturated rings. The standard InChI is InChI=1S/C17H23N3O3/c1-11(2)13(18-16(21)22-17(3,4)5)15-19-14(20-23-15)12-9-7-6-8-10-12/h6-11,13H,1-5H3,(H,18,21)/t13-/m1/s1. The smallest absolute Gasteiger partial charge is 0.408 e. The molecule has 1 aromatic heterocycles. The first-order chi connectivity index (χ1) is 10.8. The normalized spacial score (nSPS) is 13.0. The largest absolute Gasteiger partial charge is 0.444 e. The maximum atomic E-state index is 12.0. The minimum atomic E-state index is -0.560. The topological polar surface area (TPSA) is 77.2 Å². The maximum Gasteiger partial charge on any atom is 0.408 e. The predicted molar refractivity (Wildman–Crippen MR) is 86.7 cm³/mol. The Labute approximate surface area is 136 Å². The summed E-state index contributed by atoms with van der Waals surface area (Å²) in [6, 6.07) is 9.13. The second kappa shape index (κ2) is 6.81. The lowest BCUT2D eigenvalue weighted by Gasteiger charge is -2.23. The number of alkyl carbamates (subject to hydrolysis) is 1. The van der Waals surface area contributed by atoms with Gasteiger partial charge in [-0.2, -0.15) is 4.98 Å². The van der Waals surface area contributed by atoms with E-state index in [2.05, 4.69) is 15.5 Å². The number of nitrogens with one attached hydrogen (secondary N) is 1. The van der Waals surface area contributed by atoms with Crippen LogP contribution in [0.5, 0.6) is 0 Å². The lowest BCUT2D eigenvalue weighted by molar-refractivity contribution is 0.0476. The van der Waals surface area contributed by atoms with Gasteiger partial charge in [0.25, 0.3) is 0 Å². The summed E-state index contributed by atoms with van der Waals surface area (Å²) in [4.78, 5) is 16.4. The van der Waals surface area contributed by atoms with Gasteiger partial charge in [0.15, 0.2) is 0 Å². The first kappa shape index (κ1) is 17.0. The quantitative estimate of drug-likeness (QED) is 0.923. The van der Waals surface area contributed by atoms with Crippen LogP contribution < -0.4 is 5.32 Å². The summed E-state index contributed by atoms with van der Waals surface area (Å²) in [6.45, 7) is 9.38. The number of ether oxygens (including phenoxy) is 1. The Kier molecular flexibility index (Phi) is 5.03. The van der Waals surface area contributed by atoms with Gasteiger partial charge in [-0.05, 0) is 26.7 Å². The number of hydrogen-bond acceptors (Lipinski definition) is 5. The third kappa shape index (κ3) is 4.81. The number of aromatic nitrogens is 2. The van der Waals surface area contributed by atoms with Gasteiger partial charge in [0, 0.05) is 5.56 Å². The molecule has 0 aliphatic carbocycles. The molecule has 1 aromatic carbocycles. The van der Waals surface area contributed by atoms with Crippen molar-refractivity contribution in [3.63, 3.8) is 0 Å². The van der Waals surface area contributed by atoms with Crippen LogP contribution in [0.25, 0.3) is 11.4 Å². The molecule has 6 nitrogen and oxygen atoms in total. The molecule has 0 unspecified atom stereocenters. The number of hydrogen-bond donors (Lipinski definition) is 1. The summed E-state index contributed by atoms with van der Waals surface area (Å²) in [7, 11) is 0. The Morgan fingerprint density at radius 1 is 1.22 bits per heavy atom. The number of carbonyl (C=O) groups excluding carboxylic acids is 1. The molecule has 2 rings (SSSR count). The molecule has 0 aliphatic rings. The van der Waals surface area contributed by atoms with Crippen LogP contribution >= 0.6 is 0 Å². The van der Waals surface area contributed by atoms with Gasteiger partial charge in [-0.25, -0.2) is 4.79 Å². The van der Waals surface area contributed by atoms with Gasteiger partial charge < -0.3 is 14.6 Å². The van der Waals surface area contributed by atoms with E-state index in [-0.39, 0.29) is 5.92 Å². The van der Waals surface area contributed by atoms with Gasteiger partial charge in [-0.1, -0.05) is 49.3 Å². The summed E-state index contributed by atoms with van der Waals surface area (Å²) in [5, 5.41) is 6.79. The Morgan fingerprint density at radius 3 is 2.43 bits per heavy atom. The summed E-state index contributed by atoms with van der Waals surface area (Å²) in [6.07, 6.45) is -0.504. The molecule has 1 heterocycles. The molecule has 0 spiro atoms. The second-order valence-corrected chi connectivity index (χ2v) is 6.69. The van der Waals surface area contributed by atoms with Crippen LogP contribution in [0.15, 0.2) is 34.9 Å². The zero-order valence-electron chi connectivity index (χ0n) is 14.2. The monoisotopic (exact) mass is 317 g/mol. The van der Waals surface area contributed by atoms with E-state index in [1.165, 1.54) is 0 Å². The molecule has 2 aromatic rings. The average Bonchev–Trinajstić information content (AvgIpc) is 2.93. The summed E-state index contributed by atoms with van der Waals surface area (Å²) < 4.78 is 10.6. The molecule has 0 aliphatic heterocycles. The zero-order valence-corrected chi connectivity index (χ0v) is 14.2. The highest BCUT2D eigenvalue weighted by atomic mass is 16.6. The number of benzene rings is 1. The Hall–Kier alpha value is -2.37. The van der Waals surface area contributed by atoms with E-state index in [1.54, 1.807) is 0 Å². The Morgan fingerprint density at radius 2 is 1.87 bits per heavy atom. The van der Waals surface area contributed by atoms with E-state index < -0.39 is 17.7 Å². The van der Waals surface area contributed by atoms with Crippen molar-refractivity contribution >= 4 is 6.09 Å². The van der Waals surface area contributed by atoms with Crippen LogP contribution in [-0.4, -0.2) is 21.8 Å². The van der Waals surface area contributed by atoms with Gasteiger partial charge in [0.05, 0.1) is 0 Å². The minimum absolute atomic E-state index is 0.0755. The minimum Gasteiger partial charge on any atom is -0.444 e. The molecular formula is C17H23N3O3. The van der Waals surface area contributed by atoms with Crippen molar-refractivity contribution in [3.05, 3.63) is 36.2 Å². The van der Waals surface area contributed by atoms with Crippen LogP contribution in [0, 0.1) is 5.92 Å². The SMILES string of the molecule is CC(C)[C@@H](NC(=O)OC(C)(C)C)c1nc(-c2ccccc2)no1. The second-order valence-electron chi connectivity index (χ2n) is 6.69. The van der Waals surface area contributed by atoms with Crippen molar-refractivity contribution in [2.24, 2.45) is 5.92 Å². The highest BCUT2D eigenvalue weighted by molar-refractivity contribution is 5.68. The zero-order chi connectivity index (χ0) is 17.0. The summed E-state index contributed by atoms with van der Waals surface area (Å²) in [5.74, 6) is 0.938. The lowest BCUT2D eigenvalue weighted by Crippen LogP contribution is -2.37. The van der Waals surface area contributed by atoms with Gasteiger partial charge in [0.2, 0.25) is 11.7 Å². The van der Waals surface area contributed by atoms with Gasteiger partial charge >= 0.3 is 6.09 Å². The predicted octanol–water partition coefficient (Wildman–Crippen LogP) is 3.96. The van der Waals surface area contributed by atoms with E-state index in [9.17, 15) is 4.79 Å². The van der Waals surface area contributed by atoms with Gasteiger partial charge in [-0.3, -0.25) is 0 Å². The van der Waals surface area contributed by atoms with Gasteiger partial charge in [0.1, 0.15) is 11.6 Å². The fourth-order valence-corrected chi connectivity index (χ4v) is 2.01. The van der Waals surface area contributed by atoms with E-state index in [0.29, 0.717) is 11.7 Å². The third-order valence-corrected chi connectivity index (χ3v) is 3.08. The molecule has 1 amide bonds. The Bertz CT molecular complexity index is 645. The molecule has 1 N–H and O–H groups in total. The molecular weight excluding hydrogens is 294 g/mol. The van der Waals surface area contributed by atoms with Crippen molar-refractivity contribution < 1.29 is 14.1 Å². The van der Waals surface area contributed by atoms with Crippen LogP contribution in [0.3, 0.4) is 0 Å². The first-order valence-corrected chi connectivity index (χ1v) is 7.65. The highest BCUT2D eigenvalue weighted by Gasteiger charge is 2.27. The maximum absolute atomic E-state index is 12.0. The van der Waals surface area contributed by atoms with Crippen LogP contribution in [0.4, 0.5) is 4.79 Å². The molecule has 0 saturated heterocycles. The number of nitrogens with zero attached hydrogens (tertiary/aromatic N) is 2. The molecule has 0 radical (unpaired) electrons. The van der Waals surface area contributed by atoms with Crippen LogP contribution in [0.1, 0.15) is 46.6 Å². The molecule has 6 heteroatoms. The number of carbonyl (C=O) groups is 1. The van der Waals surface area contributed by atoms with Crippen LogP contribution in [-0.2, 0) is 4.74 Å². The Balaban J connectivity index is 2.16. The first-order valence-electron chi connectivity index (χ1n) is 7.65. The fraction of sp³-hybridized carbons (Fsp3) is 0.471. The van der Waals surface area contributed by atoms with E-state index in [0.717, 1.165) is 5.56 Å². The van der Waals surface area contributed by atoms with Crippen molar-refractivity contribution in [2.75, 3.05) is 0 Å². The highest BCUT2D eigenvalue weighted by Crippen LogP contribution is 2.24. The lowest BCUT2D eigenvalue weighted by atomic mass is 10.0. The van der Waals surface area contributed by atoms with E-state index in [4.69, 9.17) is 9.26 Å². The summed E-state index contributed by atoms with van der Waals surface area (Å²) in [5.41, 5.74) is 0.303. The van der Waals surface area contributed by atoms with Crippen molar-refractivity contribution in [1.82, 2.24) is 15.5 Å². The number of amides is 1. The molecule has 23 heavy (non-hydrogen) atoms. The van der Waals surface area contributed by atoms with Crippen LogP contribution in [0.2, 0.25) is 0 Å². The molecule has 0 saturated carbocycles. The molecule has 1 atom stereocenters. The number of rotatable bonds is 4. The fourth-order valence-electron chi connectivity index (χ4n) is 2.01. The molecule has 124 valence electrons. The van der Waals surface area contributed by atoms with E-state index in [1.807, 2.05) is 65.0 Å². The molecule has 0 bridgehead atoms. The third-order valence-electron chi connectivity index (χ3n) is 3.08. The van der Waals surface area contributed by atoms with Crippen molar-refractivity contribution in [2.45, 2.75) is 46.3 Å². The van der Waals surface area contributed by atoms with E-state index >= 15 is 0 Å². The average molecular weight is 317 g/mol. The van der Waals surface area contributed by atoms with Crippen molar-refractivity contribution in [3.8, 4) is 11.4 Å².